The monoisotopic (exact) mass is 242 g/mol. The maximum Gasteiger partial charge on any atom is 0.221 e. The summed E-state index contributed by atoms with van der Waals surface area (Å²) in [5.74, 6) is 1.31. The van der Waals surface area contributed by atoms with Gasteiger partial charge in [-0.2, -0.15) is 0 Å². The van der Waals surface area contributed by atoms with E-state index in [0.717, 1.165) is 23.1 Å². The SMILES string of the molecule is NC(=O)Cc1ccc(NC2CC3CC=CC32)cc1. The molecule has 0 heterocycles. The van der Waals surface area contributed by atoms with Gasteiger partial charge in [0.1, 0.15) is 0 Å². The molecule has 0 bridgehead atoms. The number of primary amides is 1. The van der Waals surface area contributed by atoms with Crippen molar-refractivity contribution in [1.82, 2.24) is 0 Å². The summed E-state index contributed by atoms with van der Waals surface area (Å²) in [4.78, 5) is 10.8. The fourth-order valence-corrected chi connectivity index (χ4v) is 3.02. The molecule has 3 nitrogen and oxygen atoms in total. The van der Waals surface area contributed by atoms with Crippen molar-refractivity contribution in [3.05, 3.63) is 42.0 Å². The van der Waals surface area contributed by atoms with Crippen molar-refractivity contribution in [1.29, 1.82) is 0 Å². The molecule has 18 heavy (non-hydrogen) atoms. The number of nitrogens with one attached hydrogen (secondary N) is 1. The Morgan fingerprint density at radius 3 is 2.78 bits per heavy atom. The summed E-state index contributed by atoms with van der Waals surface area (Å²) < 4.78 is 0. The minimum absolute atomic E-state index is 0.284. The average Bonchev–Trinajstić information content (AvgIpc) is 2.69. The maximum atomic E-state index is 10.8. The van der Waals surface area contributed by atoms with Crippen LogP contribution < -0.4 is 11.1 Å². The molecule has 3 atom stereocenters. The number of allylic oxidation sites excluding steroid dienone is 1. The lowest BCUT2D eigenvalue weighted by Crippen LogP contribution is -2.43. The molecule has 3 unspecified atom stereocenters. The number of benzene rings is 1. The number of hydrogen-bond donors (Lipinski definition) is 2. The zero-order valence-corrected chi connectivity index (χ0v) is 10.3. The molecule has 0 saturated heterocycles. The Hall–Kier alpha value is -1.77. The number of nitrogens with two attached hydrogens (primary N) is 1. The molecule has 1 aromatic carbocycles. The molecule has 1 aromatic rings. The first kappa shape index (κ1) is 11.3. The standard InChI is InChI=1S/C15H18N2O/c16-15(18)8-10-4-6-12(7-5-10)17-14-9-11-2-1-3-13(11)14/h1,3-7,11,13-14,17H,2,8-9H2,(H2,16,18). The molecule has 3 rings (SSSR count). The van der Waals surface area contributed by atoms with Gasteiger partial charge >= 0.3 is 0 Å². The van der Waals surface area contributed by atoms with Gasteiger partial charge in [-0.05, 0) is 36.5 Å². The van der Waals surface area contributed by atoms with Crippen LogP contribution in [0.2, 0.25) is 0 Å². The summed E-state index contributed by atoms with van der Waals surface area (Å²) >= 11 is 0. The third-order valence-electron chi connectivity index (χ3n) is 4.05. The average molecular weight is 242 g/mol. The number of amides is 1. The van der Waals surface area contributed by atoms with E-state index in [-0.39, 0.29) is 5.91 Å². The van der Waals surface area contributed by atoms with Crippen molar-refractivity contribution in [3.8, 4) is 0 Å². The van der Waals surface area contributed by atoms with Crippen LogP contribution in [0.25, 0.3) is 0 Å². The molecule has 2 aliphatic carbocycles. The van der Waals surface area contributed by atoms with Crippen LogP contribution in [0.1, 0.15) is 18.4 Å². The van der Waals surface area contributed by atoms with E-state index in [0.29, 0.717) is 12.5 Å². The van der Waals surface area contributed by atoms with Gasteiger partial charge in [0, 0.05) is 17.6 Å². The highest BCUT2D eigenvalue weighted by atomic mass is 16.1. The van der Waals surface area contributed by atoms with Crippen LogP contribution in [0, 0.1) is 11.8 Å². The van der Waals surface area contributed by atoms with Gasteiger partial charge < -0.3 is 11.1 Å². The highest BCUT2D eigenvalue weighted by Gasteiger charge is 2.40. The molecule has 2 aliphatic rings. The third-order valence-corrected chi connectivity index (χ3v) is 4.05. The maximum absolute atomic E-state index is 10.8. The molecule has 0 aliphatic heterocycles. The molecule has 94 valence electrons. The Bertz CT molecular complexity index is 478. The fraction of sp³-hybridized carbons (Fsp3) is 0.400. The largest absolute Gasteiger partial charge is 0.382 e. The number of anilines is 1. The zero-order chi connectivity index (χ0) is 12.5. The smallest absolute Gasteiger partial charge is 0.221 e. The second-order valence-electron chi connectivity index (χ2n) is 5.33. The number of fused-ring (bicyclic) bond motifs is 1. The number of carbonyl (C=O) groups is 1. The molecule has 3 N–H and O–H groups in total. The number of carbonyl (C=O) groups excluding carboxylic acids is 1. The number of hydrogen-bond acceptors (Lipinski definition) is 2. The Morgan fingerprint density at radius 1 is 1.33 bits per heavy atom. The second kappa shape index (κ2) is 4.48. The normalized spacial score (nSPS) is 28.6. The first-order valence-electron chi connectivity index (χ1n) is 6.53. The predicted molar refractivity (Wildman–Crippen MR) is 72.1 cm³/mol. The van der Waals surface area contributed by atoms with Crippen LogP contribution in [0.5, 0.6) is 0 Å². The summed E-state index contributed by atoms with van der Waals surface area (Å²) in [5.41, 5.74) is 7.27. The lowest BCUT2D eigenvalue weighted by atomic mass is 9.71. The predicted octanol–water partition coefficient (Wildman–Crippen LogP) is 2.09. The quantitative estimate of drug-likeness (QED) is 0.794. The highest BCUT2D eigenvalue weighted by Crippen LogP contribution is 2.43. The van der Waals surface area contributed by atoms with Gasteiger partial charge in [0.05, 0.1) is 6.42 Å². The van der Waals surface area contributed by atoms with Gasteiger partial charge in [-0.3, -0.25) is 4.79 Å². The van der Waals surface area contributed by atoms with Gasteiger partial charge in [0.25, 0.3) is 0 Å². The Morgan fingerprint density at radius 2 is 2.11 bits per heavy atom. The molecule has 0 aromatic heterocycles. The van der Waals surface area contributed by atoms with Crippen molar-refractivity contribution in [2.45, 2.75) is 25.3 Å². The Labute approximate surface area is 107 Å². The van der Waals surface area contributed by atoms with Gasteiger partial charge in [0.2, 0.25) is 5.91 Å². The van der Waals surface area contributed by atoms with Crippen molar-refractivity contribution in [2.75, 3.05) is 5.32 Å². The summed E-state index contributed by atoms with van der Waals surface area (Å²) in [5, 5.41) is 3.56. The molecular weight excluding hydrogens is 224 g/mol. The Balaban J connectivity index is 1.60. The summed E-state index contributed by atoms with van der Waals surface area (Å²) in [6.07, 6.45) is 7.47. The van der Waals surface area contributed by atoms with Gasteiger partial charge in [-0.1, -0.05) is 24.3 Å². The topological polar surface area (TPSA) is 55.1 Å². The van der Waals surface area contributed by atoms with E-state index in [9.17, 15) is 4.79 Å². The zero-order valence-electron chi connectivity index (χ0n) is 10.3. The van der Waals surface area contributed by atoms with Crippen molar-refractivity contribution in [3.63, 3.8) is 0 Å². The van der Waals surface area contributed by atoms with E-state index >= 15 is 0 Å². The Kier molecular flexibility index (Phi) is 2.82. The van der Waals surface area contributed by atoms with Crippen LogP contribution in [0.3, 0.4) is 0 Å². The first-order valence-corrected chi connectivity index (χ1v) is 6.53. The lowest BCUT2D eigenvalue weighted by molar-refractivity contribution is -0.117. The molecule has 3 heteroatoms. The van der Waals surface area contributed by atoms with E-state index < -0.39 is 0 Å². The van der Waals surface area contributed by atoms with E-state index in [1.165, 1.54) is 12.8 Å². The first-order chi connectivity index (χ1) is 8.72. The summed E-state index contributed by atoms with van der Waals surface area (Å²) in [7, 11) is 0. The van der Waals surface area contributed by atoms with Gasteiger partial charge in [-0.15, -0.1) is 0 Å². The van der Waals surface area contributed by atoms with E-state index in [1.807, 2.05) is 24.3 Å². The van der Waals surface area contributed by atoms with E-state index in [4.69, 9.17) is 5.73 Å². The van der Waals surface area contributed by atoms with Crippen molar-refractivity contribution >= 4 is 11.6 Å². The minimum atomic E-state index is -0.284. The van der Waals surface area contributed by atoms with Gasteiger partial charge in [0.15, 0.2) is 0 Å². The molecule has 1 fully saturated rings. The molecule has 1 saturated carbocycles. The van der Waals surface area contributed by atoms with Crippen LogP contribution in [0.15, 0.2) is 36.4 Å². The van der Waals surface area contributed by atoms with Crippen LogP contribution in [-0.2, 0) is 11.2 Å². The lowest BCUT2D eigenvalue weighted by Gasteiger charge is -2.41. The minimum Gasteiger partial charge on any atom is -0.382 e. The van der Waals surface area contributed by atoms with Crippen LogP contribution in [-0.4, -0.2) is 11.9 Å². The molecule has 0 spiro atoms. The third kappa shape index (κ3) is 2.13. The second-order valence-corrected chi connectivity index (χ2v) is 5.33. The molecule has 0 radical (unpaired) electrons. The van der Waals surface area contributed by atoms with Crippen LogP contribution >= 0.6 is 0 Å². The fourth-order valence-electron chi connectivity index (χ4n) is 3.02. The summed E-state index contributed by atoms with van der Waals surface area (Å²) in [6.45, 7) is 0. The van der Waals surface area contributed by atoms with Crippen molar-refractivity contribution in [2.24, 2.45) is 17.6 Å². The summed E-state index contributed by atoms with van der Waals surface area (Å²) in [6, 6.07) is 8.58. The van der Waals surface area contributed by atoms with Crippen molar-refractivity contribution < 1.29 is 4.79 Å². The molecule has 1 amide bonds. The van der Waals surface area contributed by atoms with Crippen LogP contribution in [0.4, 0.5) is 5.69 Å². The molecular formula is C15H18N2O. The number of rotatable bonds is 4. The van der Waals surface area contributed by atoms with E-state index in [1.54, 1.807) is 0 Å². The highest BCUT2D eigenvalue weighted by molar-refractivity contribution is 5.76. The van der Waals surface area contributed by atoms with Gasteiger partial charge in [-0.25, -0.2) is 0 Å². The van der Waals surface area contributed by atoms with E-state index in [2.05, 4.69) is 17.5 Å².